The Hall–Kier alpha value is -1.90. The predicted molar refractivity (Wildman–Crippen MR) is 137 cm³/mol. The summed E-state index contributed by atoms with van der Waals surface area (Å²) in [7, 11) is 0. The molecular weight excluding hydrogens is 426 g/mol. The van der Waals surface area contributed by atoms with E-state index in [1.54, 1.807) is 0 Å². The predicted octanol–water partition coefficient (Wildman–Crippen LogP) is 9.76. The molecule has 2 aromatic carbocycles. The lowest BCUT2D eigenvalue weighted by Crippen LogP contribution is -2.44. The Morgan fingerprint density at radius 3 is 1.97 bits per heavy atom. The number of hydrogen-bond donors (Lipinski definition) is 0. The highest BCUT2D eigenvalue weighted by Crippen LogP contribution is 2.59. The first-order valence-electron chi connectivity index (χ1n) is 13.7. The van der Waals surface area contributed by atoms with Crippen LogP contribution in [0.25, 0.3) is 11.1 Å². The van der Waals surface area contributed by atoms with Crippen molar-refractivity contribution in [1.82, 2.24) is 0 Å². The molecule has 2 bridgehead atoms. The van der Waals surface area contributed by atoms with Gasteiger partial charge < -0.3 is 4.74 Å². The molecule has 5 rings (SSSR count). The van der Waals surface area contributed by atoms with E-state index >= 15 is 0 Å². The van der Waals surface area contributed by atoms with Gasteiger partial charge in [0.2, 0.25) is 0 Å². The molecule has 3 aliphatic rings. The highest BCUT2D eigenvalue weighted by Gasteiger charge is 2.48. The van der Waals surface area contributed by atoms with Gasteiger partial charge in [-0.15, -0.1) is 0 Å². The van der Waals surface area contributed by atoms with Crippen molar-refractivity contribution in [3.05, 3.63) is 53.6 Å². The van der Waals surface area contributed by atoms with Crippen molar-refractivity contribution >= 4 is 0 Å². The van der Waals surface area contributed by atoms with Crippen LogP contribution in [0.2, 0.25) is 0 Å². The molecule has 0 N–H and O–H groups in total. The van der Waals surface area contributed by atoms with Gasteiger partial charge in [-0.2, -0.15) is 0 Å². The molecule has 34 heavy (non-hydrogen) atoms. The normalized spacial score (nSPS) is 24.9. The summed E-state index contributed by atoms with van der Waals surface area (Å²) >= 11 is 0. The zero-order chi connectivity index (χ0) is 24.2. The first kappa shape index (κ1) is 25.2. The van der Waals surface area contributed by atoms with Crippen molar-refractivity contribution in [2.24, 2.45) is 5.41 Å². The van der Waals surface area contributed by atoms with Crippen LogP contribution in [0.15, 0.2) is 36.4 Å². The maximum atomic E-state index is 14.8. The van der Waals surface area contributed by atoms with Crippen LogP contribution in [0, 0.1) is 17.0 Å². The third kappa shape index (κ3) is 5.34. The Bertz CT molecular complexity index is 901. The fourth-order valence-corrected chi connectivity index (χ4v) is 6.58. The van der Waals surface area contributed by atoms with Crippen LogP contribution in [-0.2, 0) is 5.41 Å². The van der Waals surface area contributed by atoms with Gasteiger partial charge in [0.15, 0.2) is 17.4 Å². The number of halogens is 2. The van der Waals surface area contributed by atoms with Crippen LogP contribution in [0.4, 0.5) is 8.78 Å². The van der Waals surface area contributed by atoms with E-state index < -0.39 is 11.6 Å². The van der Waals surface area contributed by atoms with E-state index in [0.29, 0.717) is 16.4 Å². The van der Waals surface area contributed by atoms with E-state index in [4.69, 9.17) is 4.74 Å². The van der Waals surface area contributed by atoms with Crippen LogP contribution in [-0.4, -0.2) is 6.10 Å². The summed E-state index contributed by atoms with van der Waals surface area (Å²) in [5, 5.41) is 0. The van der Waals surface area contributed by atoms with Gasteiger partial charge in [-0.25, -0.2) is 8.78 Å². The molecule has 3 aliphatic carbocycles. The van der Waals surface area contributed by atoms with Gasteiger partial charge in [0.1, 0.15) is 0 Å². The van der Waals surface area contributed by atoms with E-state index in [9.17, 15) is 8.78 Å². The fraction of sp³-hybridized carbons (Fsp3) is 0.613. The molecule has 0 spiro atoms. The van der Waals surface area contributed by atoms with Gasteiger partial charge in [0.05, 0.1) is 6.10 Å². The van der Waals surface area contributed by atoms with E-state index in [1.807, 2.05) is 19.1 Å². The topological polar surface area (TPSA) is 9.23 Å². The van der Waals surface area contributed by atoms with Gasteiger partial charge in [-0.05, 0) is 104 Å². The lowest BCUT2D eigenvalue weighted by atomic mass is 9.51. The van der Waals surface area contributed by atoms with Gasteiger partial charge in [-0.3, -0.25) is 0 Å². The SMILES string of the molecule is CCCCCCC(C)Oc1c(F)cc(-c2ccc(C34CCC(CCC)(CC3)CC4)cc2)cc1F. The molecule has 0 saturated heterocycles. The quantitative estimate of drug-likeness (QED) is 0.298. The highest BCUT2D eigenvalue weighted by atomic mass is 19.1. The maximum Gasteiger partial charge on any atom is 0.191 e. The van der Waals surface area contributed by atoms with Crippen molar-refractivity contribution in [1.29, 1.82) is 0 Å². The molecule has 1 unspecified atom stereocenters. The zero-order valence-corrected chi connectivity index (χ0v) is 21.4. The monoisotopic (exact) mass is 468 g/mol. The first-order chi connectivity index (χ1) is 16.4. The second-order valence-electron chi connectivity index (χ2n) is 11.2. The molecule has 3 fully saturated rings. The minimum atomic E-state index is -0.620. The zero-order valence-electron chi connectivity index (χ0n) is 21.4. The number of unbranched alkanes of at least 4 members (excludes halogenated alkanes) is 3. The molecule has 3 heteroatoms. The summed E-state index contributed by atoms with van der Waals surface area (Å²) in [4.78, 5) is 0. The summed E-state index contributed by atoms with van der Waals surface area (Å²) in [6.45, 7) is 6.37. The lowest BCUT2D eigenvalue weighted by molar-refractivity contribution is 0.0320. The molecule has 186 valence electrons. The van der Waals surface area contributed by atoms with E-state index in [0.717, 1.165) is 24.8 Å². The van der Waals surface area contributed by atoms with Crippen molar-refractivity contribution in [2.45, 2.75) is 116 Å². The smallest absolute Gasteiger partial charge is 0.191 e. The Morgan fingerprint density at radius 1 is 0.794 bits per heavy atom. The third-order valence-electron chi connectivity index (χ3n) is 8.79. The van der Waals surface area contributed by atoms with Crippen LogP contribution in [0.3, 0.4) is 0 Å². The Labute approximate surface area is 205 Å². The molecule has 2 aromatic rings. The van der Waals surface area contributed by atoms with Crippen molar-refractivity contribution in [2.75, 3.05) is 0 Å². The minimum absolute atomic E-state index is 0.202. The van der Waals surface area contributed by atoms with Gasteiger partial charge in [0, 0.05) is 0 Å². The molecule has 0 amide bonds. The third-order valence-corrected chi connectivity index (χ3v) is 8.79. The van der Waals surface area contributed by atoms with Crippen LogP contribution in [0.1, 0.15) is 110 Å². The van der Waals surface area contributed by atoms with Crippen molar-refractivity contribution < 1.29 is 13.5 Å². The summed E-state index contributed by atoms with van der Waals surface area (Å²) < 4.78 is 35.3. The Balaban J connectivity index is 1.43. The van der Waals surface area contributed by atoms with Gasteiger partial charge in [0.25, 0.3) is 0 Å². The number of hydrogen-bond acceptors (Lipinski definition) is 1. The molecular formula is C31H42F2O. The number of rotatable bonds is 11. The summed E-state index contributed by atoms with van der Waals surface area (Å²) in [5.41, 5.74) is 3.72. The van der Waals surface area contributed by atoms with Crippen LogP contribution in [0.5, 0.6) is 5.75 Å². The number of ether oxygens (including phenoxy) is 1. The van der Waals surface area contributed by atoms with E-state index in [1.165, 1.54) is 81.9 Å². The number of benzene rings is 2. The minimum Gasteiger partial charge on any atom is -0.485 e. The van der Waals surface area contributed by atoms with Crippen LogP contribution >= 0.6 is 0 Å². The largest absolute Gasteiger partial charge is 0.485 e. The fourth-order valence-electron chi connectivity index (χ4n) is 6.58. The average Bonchev–Trinajstić information content (AvgIpc) is 2.85. The second kappa shape index (κ2) is 10.8. The molecule has 0 aliphatic heterocycles. The van der Waals surface area contributed by atoms with Crippen molar-refractivity contribution in [3.63, 3.8) is 0 Å². The molecule has 0 radical (unpaired) electrons. The standard InChI is InChI=1S/C31H42F2O/c1-4-6-7-8-9-23(3)34-29-27(32)21-25(22-28(29)33)24-10-12-26(13-11-24)31-18-15-30(14-5-2,16-19-31)17-20-31/h10-13,21-23H,4-9,14-20H2,1-3H3. The summed E-state index contributed by atoms with van der Waals surface area (Å²) in [6.07, 6.45) is 15.6. The van der Waals surface area contributed by atoms with Gasteiger partial charge >= 0.3 is 0 Å². The van der Waals surface area contributed by atoms with Gasteiger partial charge in [-0.1, -0.05) is 63.8 Å². The average molecular weight is 469 g/mol. The van der Waals surface area contributed by atoms with E-state index in [2.05, 4.69) is 26.0 Å². The molecule has 0 heterocycles. The van der Waals surface area contributed by atoms with Crippen molar-refractivity contribution in [3.8, 4) is 16.9 Å². The molecule has 1 nitrogen and oxygen atoms in total. The first-order valence-corrected chi connectivity index (χ1v) is 13.7. The Kier molecular flexibility index (Phi) is 8.00. The Morgan fingerprint density at radius 2 is 1.41 bits per heavy atom. The second-order valence-corrected chi connectivity index (χ2v) is 11.2. The highest BCUT2D eigenvalue weighted by molar-refractivity contribution is 5.65. The van der Waals surface area contributed by atoms with Crippen LogP contribution < -0.4 is 4.74 Å². The maximum absolute atomic E-state index is 14.8. The molecule has 1 atom stereocenters. The molecule has 0 aromatic heterocycles. The summed E-state index contributed by atoms with van der Waals surface area (Å²) in [6, 6.07) is 11.3. The van der Waals surface area contributed by atoms with E-state index in [-0.39, 0.29) is 11.9 Å². The number of fused-ring (bicyclic) bond motifs is 3. The lowest BCUT2D eigenvalue weighted by Gasteiger charge is -2.54. The summed E-state index contributed by atoms with van der Waals surface area (Å²) in [5.74, 6) is -1.49. The molecule has 3 saturated carbocycles.